The van der Waals surface area contributed by atoms with Gasteiger partial charge in [0.2, 0.25) is 0 Å². The molecule has 0 aliphatic heterocycles. The van der Waals surface area contributed by atoms with Gasteiger partial charge in [-0.2, -0.15) is 0 Å². The highest BCUT2D eigenvalue weighted by Crippen LogP contribution is 1.96. The third-order valence-electron chi connectivity index (χ3n) is 2.63. The van der Waals surface area contributed by atoms with Crippen LogP contribution in [0.25, 0.3) is 0 Å². The number of nitrogens with zero attached hydrogens (tertiary/aromatic N) is 2. The molecule has 18 heavy (non-hydrogen) atoms. The smallest absolute Gasteiger partial charge is 0.260 e. The number of amides is 1. The Balaban J connectivity index is 2.09. The molecule has 0 bridgehead atoms. The third kappa shape index (κ3) is 2.48. The number of H-pyrrole nitrogens is 1. The van der Waals surface area contributed by atoms with E-state index in [0.717, 1.165) is 11.5 Å². The van der Waals surface area contributed by atoms with E-state index in [1.54, 1.807) is 30.0 Å². The Labute approximate surface area is 104 Å². The first kappa shape index (κ1) is 12.1. The van der Waals surface area contributed by atoms with Crippen molar-refractivity contribution in [1.29, 1.82) is 0 Å². The first-order chi connectivity index (χ1) is 8.58. The zero-order valence-corrected chi connectivity index (χ0v) is 10.2. The van der Waals surface area contributed by atoms with Crippen LogP contribution in [0.4, 0.5) is 0 Å². The number of hydrogen-bond donors (Lipinski definition) is 2. The van der Waals surface area contributed by atoms with Gasteiger partial charge in [-0.05, 0) is 19.1 Å². The molecular formula is C12H14N4O2. The summed E-state index contributed by atoms with van der Waals surface area (Å²) >= 11 is 0. The quantitative estimate of drug-likeness (QED) is 0.820. The number of aryl methyl sites for hydroxylation is 2. The number of rotatable bonds is 3. The van der Waals surface area contributed by atoms with Crippen LogP contribution < -0.4 is 10.9 Å². The van der Waals surface area contributed by atoms with Crippen molar-refractivity contribution < 1.29 is 4.79 Å². The van der Waals surface area contributed by atoms with Crippen LogP contribution in [0.3, 0.4) is 0 Å². The standard InChI is InChI=1S/C12H14N4O2/c1-8-3-4-9(12(18)15-8)11(17)14-7-10-13-5-6-16(10)2/h3-6H,7H2,1-2H3,(H,14,17)(H,15,18). The van der Waals surface area contributed by atoms with Crippen molar-refractivity contribution in [3.63, 3.8) is 0 Å². The summed E-state index contributed by atoms with van der Waals surface area (Å²) in [5, 5.41) is 2.66. The number of carbonyl (C=O) groups is 1. The predicted octanol–water partition coefficient (Wildman–Crippen LogP) is 0.347. The van der Waals surface area contributed by atoms with E-state index < -0.39 is 5.91 Å². The minimum atomic E-state index is -0.403. The van der Waals surface area contributed by atoms with Crippen molar-refractivity contribution in [2.45, 2.75) is 13.5 Å². The van der Waals surface area contributed by atoms with E-state index >= 15 is 0 Å². The summed E-state index contributed by atoms with van der Waals surface area (Å²) in [5.74, 6) is 0.325. The molecule has 2 aromatic heterocycles. The molecule has 0 radical (unpaired) electrons. The number of carbonyl (C=O) groups excluding carboxylic acids is 1. The van der Waals surface area contributed by atoms with E-state index in [0.29, 0.717) is 0 Å². The lowest BCUT2D eigenvalue weighted by molar-refractivity contribution is 0.0948. The lowest BCUT2D eigenvalue weighted by atomic mass is 10.2. The van der Waals surface area contributed by atoms with E-state index in [1.165, 1.54) is 6.07 Å². The van der Waals surface area contributed by atoms with Crippen molar-refractivity contribution >= 4 is 5.91 Å². The van der Waals surface area contributed by atoms with Crippen LogP contribution in [0.2, 0.25) is 0 Å². The maximum atomic E-state index is 11.8. The van der Waals surface area contributed by atoms with Crippen molar-refractivity contribution in [3.05, 3.63) is 52.0 Å². The van der Waals surface area contributed by atoms with Crippen LogP contribution in [-0.4, -0.2) is 20.4 Å². The monoisotopic (exact) mass is 246 g/mol. The summed E-state index contributed by atoms with van der Waals surface area (Å²) in [6.07, 6.45) is 3.44. The van der Waals surface area contributed by atoms with Gasteiger partial charge in [-0.1, -0.05) is 0 Å². The van der Waals surface area contributed by atoms with Crippen LogP contribution in [0.15, 0.2) is 29.3 Å². The first-order valence-electron chi connectivity index (χ1n) is 5.52. The van der Waals surface area contributed by atoms with E-state index in [1.807, 2.05) is 7.05 Å². The maximum absolute atomic E-state index is 11.8. The molecule has 2 N–H and O–H groups in total. The molecule has 2 rings (SSSR count). The Hall–Kier alpha value is -2.37. The highest BCUT2D eigenvalue weighted by Gasteiger charge is 2.10. The average Bonchev–Trinajstić information content (AvgIpc) is 2.72. The minimum absolute atomic E-state index is 0.106. The summed E-state index contributed by atoms with van der Waals surface area (Å²) in [6, 6.07) is 3.21. The Morgan fingerprint density at radius 1 is 1.50 bits per heavy atom. The van der Waals surface area contributed by atoms with Gasteiger partial charge < -0.3 is 14.9 Å². The predicted molar refractivity (Wildman–Crippen MR) is 66.2 cm³/mol. The van der Waals surface area contributed by atoms with Crippen molar-refractivity contribution in [1.82, 2.24) is 19.9 Å². The van der Waals surface area contributed by atoms with Crippen LogP contribution in [0.5, 0.6) is 0 Å². The molecule has 0 atom stereocenters. The summed E-state index contributed by atoms with van der Waals surface area (Å²) in [6.45, 7) is 2.05. The van der Waals surface area contributed by atoms with E-state index in [-0.39, 0.29) is 17.7 Å². The molecule has 6 nitrogen and oxygen atoms in total. The Morgan fingerprint density at radius 2 is 2.28 bits per heavy atom. The fourth-order valence-corrected chi connectivity index (χ4v) is 1.57. The second-order valence-corrected chi connectivity index (χ2v) is 4.02. The van der Waals surface area contributed by atoms with Crippen molar-refractivity contribution in [2.75, 3.05) is 0 Å². The fraction of sp³-hybridized carbons (Fsp3) is 0.250. The lowest BCUT2D eigenvalue weighted by Crippen LogP contribution is -2.30. The van der Waals surface area contributed by atoms with Crippen LogP contribution in [0, 0.1) is 6.92 Å². The van der Waals surface area contributed by atoms with Gasteiger partial charge in [-0.25, -0.2) is 4.98 Å². The molecule has 0 fully saturated rings. The SMILES string of the molecule is Cc1ccc(C(=O)NCc2nccn2C)c(=O)[nH]1. The van der Waals surface area contributed by atoms with Gasteiger partial charge >= 0.3 is 0 Å². The molecule has 2 aromatic rings. The molecule has 0 aliphatic carbocycles. The lowest BCUT2D eigenvalue weighted by Gasteiger charge is -2.05. The summed E-state index contributed by atoms with van der Waals surface area (Å²) in [4.78, 5) is 30.1. The number of pyridine rings is 1. The highest BCUT2D eigenvalue weighted by molar-refractivity contribution is 5.93. The van der Waals surface area contributed by atoms with Gasteiger partial charge in [0.15, 0.2) is 0 Å². The number of aromatic nitrogens is 3. The fourth-order valence-electron chi connectivity index (χ4n) is 1.57. The van der Waals surface area contributed by atoms with Crippen LogP contribution in [0.1, 0.15) is 21.9 Å². The van der Waals surface area contributed by atoms with Gasteiger partial charge in [-0.15, -0.1) is 0 Å². The van der Waals surface area contributed by atoms with Crippen molar-refractivity contribution in [3.8, 4) is 0 Å². The number of nitrogens with one attached hydrogen (secondary N) is 2. The molecule has 0 aromatic carbocycles. The zero-order chi connectivity index (χ0) is 13.1. The van der Waals surface area contributed by atoms with E-state index in [2.05, 4.69) is 15.3 Å². The summed E-state index contributed by atoms with van der Waals surface area (Å²) in [7, 11) is 1.84. The van der Waals surface area contributed by atoms with Crippen LogP contribution in [-0.2, 0) is 13.6 Å². The molecule has 2 heterocycles. The summed E-state index contributed by atoms with van der Waals surface area (Å²) < 4.78 is 1.81. The topological polar surface area (TPSA) is 79.8 Å². The number of aromatic amines is 1. The summed E-state index contributed by atoms with van der Waals surface area (Å²) in [5.41, 5.74) is 0.447. The highest BCUT2D eigenvalue weighted by atomic mass is 16.2. The second-order valence-electron chi connectivity index (χ2n) is 4.02. The van der Waals surface area contributed by atoms with Gasteiger partial charge in [0, 0.05) is 25.1 Å². The van der Waals surface area contributed by atoms with Crippen LogP contribution >= 0.6 is 0 Å². The van der Waals surface area contributed by atoms with E-state index in [4.69, 9.17) is 0 Å². The van der Waals surface area contributed by atoms with Crippen molar-refractivity contribution in [2.24, 2.45) is 7.05 Å². The normalized spacial score (nSPS) is 10.3. The second kappa shape index (κ2) is 4.87. The Bertz CT molecular complexity index is 627. The Kier molecular flexibility index (Phi) is 3.27. The number of imidazole rings is 1. The zero-order valence-electron chi connectivity index (χ0n) is 10.2. The maximum Gasteiger partial charge on any atom is 0.260 e. The van der Waals surface area contributed by atoms with Gasteiger partial charge in [-0.3, -0.25) is 9.59 Å². The Morgan fingerprint density at radius 3 is 2.89 bits per heavy atom. The molecule has 0 aliphatic rings. The van der Waals surface area contributed by atoms with Gasteiger partial charge in [0.25, 0.3) is 11.5 Å². The molecule has 6 heteroatoms. The molecular weight excluding hydrogens is 232 g/mol. The minimum Gasteiger partial charge on any atom is -0.345 e. The van der Waals surface area contributed by atoms with Gasteiger partial charge in [0.1, 0.15) is 11.4 Å². The molecule has 0 saturated heterocycles. The molecule has 0 saturated carbocycles. The third-order valence-corrected chi connectivity index (χ3v) is 2.63. The van der Waals surface area contributed by atoms with Gasteiger partial charge in [0.05, 0.1) is 6.54 Å². The molecule has 94 valence electrons. The average molecular weight is 246 g/mol. The molecule has 0 spiro atoms. The van der Waals surface area contributed by atoms with E-state index in [9.17, 15) is 9.59 Å². The largest absolute Gasteiger partial charge is 0.345 e. The number of hydrogen-bond acceptors (Lipinski definition) is 3. The first-order valence-corrected chi connectivity index (χ1v) is 5.52. The molecule has 0 unspecified atom stereocenters. The molecule has 1 amide bonds.